The van der Waals surface area contributed by atoms with Crippen LogP contribution in [0.5, 0.6) is 0 Å². The second-order valence-corrected chi connectivity index (χ2v) is 5.01. The highest BCUT2D eigenvalue weighted by molar-refractivity contribution is 5.85. The number of nitrogens with one attached hydrogen (secondary N) is 2. The number of carbonyl (C=O) groups is 2. The molecule has 2 aromatic rings. The van der Waals surface area contributed by atoms with E-state index in [0.29, 0.717) is 0 Å². The first kappa shape index (κ1) is 15.7. The Morgan fingerprint density at radius 2 is 1.73 bits per heavy atom. The number of carbonyl (C=O) groups excluding carboxylic acids is 2. The maximum absolute atomic E-state index is 11.8. The monoisotopic (exact) mass is 297 g/mol. The zero-order chi connectivity index (χ0) is 15.8. The van der Waals surface area contributed by atoms with Crippen molar-refractivity contribution in [2.24, 2.45) is 0 Å². The Morgan fingerprint density at radius 1 is 1.05 bits per heavy atom. The SMILES string of the molecule is CC(NC(=O)CNC(=O)Cc1ccccc1)c1ccncc1. The third-order valence-electron chi connectivity index (χ3n) is 3.24. The van der Waals surface area contributed by atoms with Crippen molar-refractivity contribution in [3.05, 3.63) is 66.0 Å². The highest BCUT2D eigenvalue weighted by atomic mass is 16.2. The molecule has 1 unspecified atom stereocenters. The van der Waals surface area contributed by atoms with Gasteiger partial charge in [-0.25, -0.2) is 0 Å². The Morgan fingerprint density at radius 3 is 2.41 bits per heavy atom. The van der Waals surface area contributed by atoms with E-state index in [2.05, 4.69) is 15.6 Å². The molecule has 0 aliphatic heterocycles. The van der Waals surface area contributed by atoms with E-state index in [1.807, 2.05) is 49.4 Å². The fraction of sp³-hybridized carbons (Fsp3) is 0.235. The van der Waals surface area contributed by atoms with E-state index in [0.717, 1.165) is 11.1 Å². The van der Waals surface area contributed by atoms with Gasteiger partial charge in [-0.3, -0.25) is 14.6 Å². The van der Waals surface area contributed by atoms with Gasteiger partial charge in [-0.2, -0.15) is 0 Å². The first-order chi connectivity index (χ1) is 10.6. The van der Waals surface area contributed by atoms with Gasteiger partial charge in [-0.05, 0) is 30.2 Å². The van der Waals surface area contributed by atoms with Crippen molar-refractivity contribution in [2.75, 3.05) is 6.54 Å². The van der Waals surface area contributed by atoms with Crippen molar-refractivity contribution < 1.29 is 9.59 Å². The molecule has 0 saturated carbocycles. The van der Waals surface area contributed by atoms with Gasteiger partial charge < -0.3 is 10.6 Å². The van der Waals surface area contributed by atoms with E-state index < -0.39 is 0 Å². The molecule has 0 spiro atoms. The standard InChI is InChI=1S/C17H19N3O2/c1-13(15-7-9-18-10-8-15)20-17(22)12-19-16(21)11-14-5-3-2-4-6-14/h2-10,13H,11-12H2,1H3,(H,19,21)(H,20,22). The normalized spacial score (nSPS) is 11.5. The number of hydrogen-bond acceptors (Lipinski definition) is 3. The summed E-state index contributed by atoms with van der Waals surface area (Å²) in [5.74, 6) is -0.386. The summed E-state index contributed by atoms with van der Waals surface area (Å²) < 4.78 is 0. The summed E-state index contributed by atoms with van der Waals surface area (Å²) in [5, 5.41) is 5.46. The van der Waals surface area contributed by atoms with Crippen LogP contribution in [0.25, 0.3) is 0 Å². The quantitative estimate of drug-likeness (QED) is 0.851. The summed E-state index contributed by atoms with van der Waals surface area (Å²) in [4.78, 5) is 27.6. The summed E-state index contributed by atoms with van der Waals surface area (Å²) in [6.45, 7) is 1.86. The van der Waals surface area contributed by atoms with Gasteiger partial charge in [0.2, 0.25) is 11.8 Å². The van der Waals surface area contributed by atoms with Crippen LogP contribution in [0.1, 0.15) is 24.1 Å². The first-order valence-corrected chi connectivity index (χ1v) is 7.15. The molecule has 0 radical (unpaired) electrons. The maximum Gasteiger partial charge on any atom is 0.239 e. The van der Waals surface area contributed by atoms with Gasteiger partial charge >= 0.3 is 0 Å². The Labute approximate surface area is 129 Å². The molecule has 2 amide bonds. The first-order valence-electron chi connectivity index (χ1n) is 7.15. The second kappa shape index (κ2) is 7.93. The average Bonchev–Trinajstić information content (AvgIpc) is 2.55. The number of rotatable bonds is 6. The van der Waals surface area contributed by atoms with E-state index in [1.54, 1.807) is 12.4 Å². The molecule has 0 fully saturated rings. The summed E-state index contributed by atoms with van der Waals surface area (Å²) in [6, 6.07) is 13.0. The van der Waals surface area contributed by atoms with Gasteiger partial charge in [0, 0.05) is 12.4 Å². The number of pyridine rings is 1. The van der Waals surface area contributed by atoms with Gasteiger partial charge in [-0.1, -0.05) is 30.3 Å². The van der Waals surface area contributed by atoms with E-state index in [-0.39, 0.29) is 30.8 Å². The van der Waals surface area contributed by atoms with E-state index in [9.17, 15) is 9.59 Å². The third-order valence-corrected chi connectivity index (χ3v) is 3.24. The molecule has 1 heterocycles. The van der Waals surface area contributed by atoms with E-state index in [1.165, 1.54) is 0 Å². The lowest BCUT2D eigenvalue weighted by atomic mass is 10.1. The van der Waals surface area contributed by atoms with Crippen molar-refractivity contribution in [3.8, 4) is 0 Å². The lowest BCUT2D eigenvalue weighted by Gasteiger charge is -2.14. The average molecular weight is 297 g/mol. The zero-order valence-electron chi connectivity index (χ0n) is 12.5. The molecule has 2 rings (SSSR count). The number of aromatic nitrogens is 1. The Bertz CT molecular complexity index is 614. The van der Waals surface area contributed by atoms with Crippen molar-refractivity contribution in [2.45, 2.75) is 19.4 Å². The molecule has 0 aliphatic carbocycles. The molecule has 1 aromatic heterocycles. The van der Waals surface area contributed by atoms with Crippen molar-refractivity contribution in [1.29, 1.82) is 0 Å². The highest BCUT2D eigenvalue weighted by Gasteiger charge is 2.10. The van der Waals surface area contributed by atoms with Gasteiger partial charge in [0.05, 0.1) is 19.0 Å². The summed E-state index contributed by atoms with van der Waals surface area (Å²) in [6.07, 6.45) is 3.63. The Kier molecular flexibility index (Phi) is 5.65. The van der Waals surface area contributed by atoms with Crippen molar-refractivity contribution in [3.63, 3.8) is 0 Å². The highest BCUT2D eigenvalue weighted by Crippen LogP contribution is 2.09. The summed E-state index contributed by atoms with van der Waals surface area (Å²) in [5.41, 5.74) is 1.89. The van der Waals surface area contributed by atoms with Gasteiger partial charge in [-0.15, -0.1) is 0 Å². The molecule has 2 N–H and O–H groups in total. The molecule has 1 aromatic carbocycles. The lowest BCUT2D eigenvalue weighted by molar-refractivity contribution is -0.126. The molecule has 0 saturated heterocycles. The minimum Gasteiger partial charge on any atom is -0.348 e. The number of amides is 2. The molecule has 0 aliphatic rings. The summed E-state index contributed by atoms with van der Waals surface area (Å²) >= 11 is 0. The summed E-state index contributed by atoms with van der Waals surface area (Å²) in [7, 11) is 0. The fourth-order valence-electron chi connectivity index (χ4n) is 2.05. The molecular weight excluding hydrogens is 278 g/mol. The topological polar surface area (TPSA) is 71.1 Å². The van der Waals surface area contributed by atoms with Crippen LogP contribution in [0.3, 0.4) is 0 Å². The van der Waals surface area contributed by atoms with Crippen LogP contribution < -0.4 is 10.6 Å². The van der Waals surface area contributed by atoms with Crippen LogP contribution in [-0.2, 0) is 16.0 Å². The van der Waals surface area contributed by atoms with Crippen LogP contribution in [0, 0.1) is 0 Å². The van der Waals surface area contributed by atoms with Gasteiger partial charge in [0.25, 0.3) is 0 Å². The van der Waals surface area contributed by atoms with Crippen molar-refractivity contribution >= 4 is 11.8 Å². The van der Waals surface area contributed by atoms with E-state index in [4.69, 9.17) is 0 Å². The van der Waals surface area contributed by atoms with Crippen LogP contribution in [0.2, 0.25) is 0 Å². The molecule has 114 valence electrons. The molecule has 22 heavy (non-hydrogen) atoms. The number of hydrogen-bond donors (Lipinski definition) is 2. The Hall–Kier alpha value is -2.69. The predicted octanol–water partition coefficient (Wildman–Crippen LogP) is 1.62. The van der Waals surface area contributed by atoms with Crippen LogP contribution in [-0.4, -0.2) is 23.3 Å². The molecule has 5 nitrogen and oxygen atoms in total. The minimum absolute atomic E-state index is 0.0267. The van der Waals surface area contributed by atoms with Crippen LogP contribution in [0.15, 0.2) is 54.9 Å². The zero-order valence-corrected chi connectivity index (χ0v) is 12.5. The Balaban J connectivity index is 1.74. The maximum atomic E-state index is 11.8. The minimum atomic E-state index is -0.217. The number of nitrogens with zero attached hydrogens (tertiary/aromatic N) is 1. The fourth-order valence-corrected chi connectivity index (χ4v) is 2.05. The third kappa shape index (κ3) is 5.01. The van der Waals surface area contributed by atoms with Crippen LogP contribution >= 0.6 is 0 Å². The molecule has 1 atom stereocenters. The molecule has 0 bridgehead atoms. The van der Waals surface area contributed by atoms with Crippen molar-refractivity contribution in [1.82, 2.24) is 15.6 Å². The molecule has 5 heteroatoms. The lowest BCUT2D eigenvalue weighted by Crippen LogP contribution is -2.38. The van der Waals surface area contributed by atoms with E-state index >= 15 is 0 Å². The second-order valence-electron chi connectivity index (χ2n) is 5.01. The number of benzene rings is 1. The van der Waals surface area contributed by atoms with Gasteiger partial charge in [0.15, 0.2) is 0 Å². The smallest absolute Gasteiger partial charge is 0.239 e. The predicted molar refractivity (Wildman–Crippen MR) is 84.0 cm³/mol. The van der Waals surface area contributed by atoms with Crippen LogP contribution in [0.4, 0.5) is 0 Å². The van der Waals surface area contributed by atoms with Gasteiger partial charge in [0.1, 0.15) is 0 Å². The molecular formula is C17H19N3O2. The largest absolute Gasteiger partial charge is 0.348 e.